The normalized spacial score (nSPS) is 15.2. The van der Waals surface area contributed by atoms with Crippen LogP contribution in [0.3, 0.4) is 0 Å². The van der Waals surface area contributed by atoms with Gasteiger partial charge in [-0.1, -0.05) is 36.4 Å². The van der Waals surface area contributed by atoms with Crippen molar-refractivity contribution in [3.63, 3.8) is 0 Å². The van der Waals surface area contributed by atoms with Crippen LogP contribution in [-0.2, 0) is 0 Å². The van der Waals surface area contributed by atoms with E-state index < -0.39 is 0 Å². The Morgan fingerprint density at radius 2 is 1.54 bits per heavy atom. The van der Waals surface area contributed by atoms with Crippen LogP contribution in [0.15, 0.2) is 65.9 Å². The van der Waals surface area contributed by atoms with Gasteiger partial charge in [-0.05, 0) is 24.3 Å². The summed E-state index contributed by atoms with van der Waals surface area (Å²) in [6.07, 6.45) is 0. The SMILES string of the molecule is O=C(c1ccccc1)N1CCN(/[N+]([O-])=N/Oc2ccccc2)CC1. The predicted octanol–water partition coefficient (Wildman–Crippen LogP) is 2.32. The van der Waals surface area contributed by atoms with Gasteiger partial charge in [-0.3, -0.25) is 4.79 Å². The number of hydrogen-bond donors (Lipinski definition) is 0. The molecule has 0 radical (unpaired) electrons. The highest BCUT2D eigenvalue weighted by Crippen LogP contribution is 2.11. The number of nitrogens with zero attached hydrogens (tertiary/aromatic N) is 4. The Hall–Kier alpha value is -3.09. The van der Waals surface area contributed by atoms with Crippen LogP contribution >= 0.6 is 0 Å². The van der Waals surface area contributed by atoms with E-state index in [-0.39, 0.29) is 5.91 Å². The molecule has 124 valence electrons. The second-order valence-electron chi connectivity index (χ2n) is 5.35. The molecule has 1 fully saturated rings. The molecule has 0 bridgehead atoms. The number of para-hydroxylation sites is 1. The third-order valence-corrected chi connectivity index (χ3v) is 3.77. The van der Waals surface area contributed by atoms with E-state index >= 15 is 0 Å². The van der Waals surface area contributed by atoms with Crippen LogP contribution in [0.1, 0.15) is 10.4 Å². The van der Waals surface area contributed by atoms with Gasteiger partial charge in [-0.2, -0.15) is 0 Å². The van der Waals surface area contributed by atoms with Gasteiger partial charge >= 0.3 is 0 Å². The zero-order valence-electron chi connectivity index (χ0n) is 13.1. The summed E-state index contributed by atoms with van der Waals surface area (Å²) in [6, 6.07) is 18.0. The summed E-state index contributed by atoms with van der Waals surface area (Å²) in [5.74, 6) is 0.474. The van der Waals surface area contributed by atoms with Crippen molar-refractivity contribution >= 4 is 5.91 Å². The topological polar surface area (TPSA) is 71.2 Å². The standard InChI is InChI=1S/C17H18N4O3/c22-17(15-7-3-1-4-8-15)19-11-13-20(14-12-19)21(23)18-24-16-9-5-2-6-10-16/h1-10H,11-14H2/b21-18-. The van der Waals surface area contributed by atoms with Crippen molar-refractivity contribution in [2.75, 3.05) is 26.2 Å². The lowest BCUT2D eigenvalue weighted by Crippen LogP contribution is -2.50. The molecule has 0 spiro atoms. The smallest absolute Gasteiger partial charge is 0.253 e. The molecule has 0 atom stereocenters. The molecule has 0 unspecified atom stereocenters. The Kier molecular flexibility index (Phi) is 4.90. The fourth-order valence-electron chi connectivity index (χ4n) is 2.45. The van der Waals surface area contributed by atoms with Crippen LogP contribution in [0, 0.1) is 5.21 Å². The number of carbonyl (C=O) groups excluding carboxylic acids is 1. The number of amides is 1. The number of piperazine rings is 1. The second kappa shape index (κ2) is 7.45. The molecule has 1 amide bonds. The van der Waals surface area contributed by atoms with E-state index in [1.807, 2.05) is 24.3 Å². The van der Waals surface area contributed by atoms with E-state index in [4.69, 9.17) is 4.84 Å². The largest absolute Gasteiger partial charge is 0.569 e. The minimum absolute atomic E-state index is 0.0230. The highest BCUT2D eigenvalue weighted by Gasteiger charge is 2.26. The molecule has 2 aromatic carbocycles. The van der Waals surface area contributed by atoms with Gasteiger partial charge in [0.05, 0.1) is 18.1 Å². The molecule has 1 saturated heterocycles. The second-order valence-corrected chi connectivity index (χ2v) is 5.35. The van der Waals surface area contributed by atoms with E-state index in [1.165, 1.54) is 5.01 Å². The van der Waals surface area contributed by atoms with E-state index in [2.05, 4.69) is 5.28 Å². The lowest BCUT2D eigenvalue weighted by atomic mass is 10.2. The average Bonchev–Trinajstić information content (AvgIpc) is 2.67. The Morgan fingerprint density at radius 1 is 0.958 bits per heavy atom. The predicted molar refractivity (Wildman–Crippen MR) is 87.0 cm³/mol. The summed E-state index contributed by atoms with van der Waals surface area (Å²) in [7, 11) is 0. The van der Waals surface area contributed by atoms with Gasteiger partial charge in [-0.15, -0.1) is 5.01 Å². The van der Waals surface area contributed by atoms with E-state index in [0.29, 0.717) is 42.5 Å². The van der Waals surface area contributed by atoms with Crippen molar-refractivity contribution in [2.45, 2.75) is 0 Å². The number of hydrazine groups is 1. The van der Waals surface area contributed by atoms with Crippen molar-refractivity contribution < 1.29 is 14.6 Å². The minimum Gasteiger partial charge on any atom is -0.569 e. The summed E-state index contributed by atoms with van der Waals surface area (Å²) in [4.78, 5) is 19.6. The van der Waals surface area contributed by atoms with Gasteiger partial charge in [0.2, 0.25) is 5.28 Å². The Balaban J connectivity index is 1.54. The first kappa shape index (κ1) is 15.8. The van der Waals surface area contributed by atoms with Gasteiger partial charge in [0.25, 0.3) is 5.91 Å². The molecule has 1 aliphatic heterocycles. The number of hydrogen-bond acceptors (Lipinski definition) is 4. The number of carbonyl (C=O) groups is 1. The van der Waals surface area contributed by atoms with E-state index in [9.17, 15) is 10.0 Å². The fourth-order valence-corrected chi connectivity index (χ4v) is 2.45. The van der Waals surface area contributed by atoms with Crippen molar-refractivity contribution in [2.24, 2.45) is 5.28 Å². The van der Waals surface area contributed by atoms with Gasteiger partial charge in [0, 0.05) is 18.7 Å². The highest BCUT2D eigenvalue weighted by molar-refractivity contribution is 5.94. The van der Waals surface area contributed by atoms with Gasteiger partial charge in [0.15, 0.2) is 5.75 Å². The van der Waals surface area contributed by atoms with Crippen molar-refractivity contribution in [1.29, 1.82) is 0 Å². The highest BCUT2D eigenvalue weighted by atomic mass is 16.7. The zero-order valence-corrected chi connectivity index (χ0v) is 13.1. The zero-order chi connectivity index (χ0) is 16.8. The molecule has 7 nitrogen and oxygen atoms in total. The van der Waals surface area contributed by atoms with Gasteiger partial charge < -0.3 is 14.9 Å². The lowest BCUT2D eigenvalue weighted by Gasteiger charge is -2.31. The lowest BCUT2D eigenvalue weighted by molar-refractivity contribution is -0.708. The number of rotatable bonds is 4. The average molecular weight is 326 g/mol. The third-order valence-electron chi connectivity index (χ3n) is 3.77. The summed E-state index contributed by atoms with van der Waals surface area (Å²) >= 11 is 0. The van der Waals surface area contributed by atoms with Crippen LogP contribution in [0.5, 0.6) is 5.75 Å². The third kappa shape index (κ3) is 3.81. The summed E-state index contributed by atoms with van der Waals surface area (Å²) in [5.41, 5.74) is 0.655. The molecule has 2 aromatic rings. The molecule has 1 aliphatic rings. The van der Waals surface area contributed by atoms with E-state index in [1.54, 1.807) is 41.3 Å². The molecular formula is C17H18N4O3. The molecule has 0 N–H and O–H groups in total. The Morgan fingerprint density at radius 3 is 2.17 bits per heavy atom. The Labute approximate surface area is 139 Å². The monoisotopic (exact) mass is 326 g/mol. The van der Waals surface area contributed by atoms with Crippen molar-refractivity contribution in [1.82, 2.24) is 9.91 Å². The maximum absolute atomic E-state index is 12.4. The van der Waals surface area contributed by atoms with Crippen molar-refractivity contribution in [3.8, 4) is 5.75 Å². The first-order chi connectivity index (χ1) is 11.7. The fraction of sp³-hybridized carbons (Fsp3) is 0.235. The molecule has 24 heavy (non-hydrogen) atoms. The minimum atomic E-state index is -0.0230. The molecule has 0 aromatic heterocycles. The summed E-state index contributed by atoms with van der Waals surface area (Å²) in [6.45, 7) is 1.74. The first-order valence-electron chi connectivity index (χ1n) is 7.73. The maximum Gasteiger partial charge on any atom is 0.253 e. The van der Waals surface area contributed by atoms with Gasteiger partial charge in [0.1, 0.15) is 0 Å². The molecule has 3 rings (SSSR count). The molecule has 0 saturated carbocycles. The number of benzene rings is 2. The first-order valence-corrected chi connectivity index (χ1v) is 7.73. The van der Waals surface area contributed by atoms with Gasteiger partial charge in [-0.25, -0.2) is 0 Å². The quantitative estimate of drug-likeness (QED) is 0.491. The summed E-state index contributed by atoms with van der Waals surface area (Å²) in [5, 5.41) is 17.0. The molecule has 7 heteroatoms. The molecular weight excluding hydrogens is 308 g/mol. The van der Waals surface area contributed by atoms with Crippen LogP contribution in [-0.4, -0.2) is 47.0 Å². The summed E-state index contributed by atoms with van der Waals surface area (Å²) < 4.78 is 0. The van der Waals surface area contributed by atoms with Crippen LogP contribution < -0.4 is 4.84 Å². The molecule has 1 heterocycles. The van der Waals surface area contributed by atoms with Crippen molar-refractivity contribution in [3.05, 3.63) is 71.4 Å². The van der Waals surface area contributed by atoms with Crippen LogP contribution in [0.2, 0.25) is 0 Å². The van der Waals surface area contributed by atoms with Crippen LogP contribution in [0.4, 0.5) is 0 Å². The van der Waals surface area contributed by atoms with Crippen LogP contribution in [0.25, 0.3) is 0 Å². The maximum atomic E-state index is 12.4. The Bertz CT molecular complexity index is 698. The van der Waals surface area contributed by atoms with E-state index in [0.717, 1.165) is 0 Å². The molecule has 0 aliphatic carbocycles.